The third-order valence-electron chi connectivity index (χ3n) is 3.75. The van der Waals surface area contributed by atoms with Crippen LogP contribution in [-0.4, -0.2) is 14.3 Å². The highest BCUT2D eigenvalue weighted by molar-refractivity contribution is 7.94. The van der Waals surface area contributed by atoms with Gasteiger partial charge in [0.15, 0.2) is 0 Å². The third kappa shape index (κ3) is 4.50. The second-order valence-corrected chi connectivity index (χ2v) is 8.63. The average molecular weight is 386 g/mol. The molecule has 26 heavy (non-hydrogen) atoms. The first-order valence-electron chi connectivity index (χ1n) is 7.95. The van der Waals surface area contributed by atoms with Crippen molar-refractivity contribution in [3.05, 3.63) is 77.2 Å². The van der Waals surface area contributed by atoms with Crippen LogP contribution in [0.5, 0.6) is 0 Å². The van der Waals surface area contributed by atoms with E-state index in [1.165, 1.54) is 0 Å². The molecule has 1 amide bonds. The Morgan fingerprint density at radius 2 is 1.73 bits per heavy atom. The summed E-state index contributed by atoms with van der Waals surface area (Å²) >= 11 is 1.16. The van der Waals surface area contributed by atoms with E-state index in [0.717, 1.165) is 28.2 Å². The zero-order valence-corrected chi connectivity index (χ0v) is 15.7. The smallest absolute Gasteiger partial charge is 0.271 e. The maximum Gasteiger partial charge on any atom is 0.271 e. The van der Waals surface area contributed by atoms with E-state index in [1.54, 1.807) is 41.8 Å². The largest absolute Gasteiger partial charge is 0.326 e. The molecule has 1 heterocycles. The molecule has 0 atom stereocenters. The lowest BCUT2D eigenvalue weighted by atomic mass is 10.1. The molecule has 1 aromatic heterocycles. The van der Waals surface area contributed by atoms with Gasteiger partial charge in [-0.25, -0.2) is 8.42 Å². The van der Waals surface area contributed by atoms with Gasteiger partial charge < -0.3 is 5.32 Å². The molecule has 134 valence electrons. The van der Waals surface area contributed by atoms with Crippen molar-refractivity contribution in [2.45, 2.75) is 17.6 Å². The summed E-state index contributed by atoms with van der Waals surface area (Å²) < 4.78 is 27.2. The summed E-state index contributed by atoms with van der Waals surface area (Å²) in [6.07, 6.45) is 0.215. The van der Waals surface area contributed by atoms with Gasteiger partial charge in [-0.05, 0) is 47.7 Å². The van der Waals surface area contributed by atoms with Crippen LogP contribution >= 0.6 is 11.3 Å². The number of anilines is 2. The van der Waals surface area contributed by atoms with Gasteiger partial charge in [0.05, 0.1) is 6.42 Å². The molecule has 0 radical (unpaired) electrons. The van der Waals surface area contributed by atoms with Gasteiger partial charge in [-0.2, -0.15) is 0 Å². The molecule has 5 nitrogen and oxygen atoms in total. The molecule has 2 aromatic carbocycles. The molecular formula is C19H18N2O3S2. The van der Waals surface area contributed by atoms with E-state index in [9.17, 15) is 13.2 Å². The predicted octanol–water partition coefficient (Wildman–Crippen LogP) is 4.04. The number of aryl methyl sites for hydroxylation is 1. The van der Waals surface area contributed by atoms with Gasteiger partial charge in [0.1, 0.15) is 4.21 Å². The van der Waals surface area contributed by atoms with E-state index >= 15 is 0 Å². The molecule has 0 fully saturated rings. The zero-order chi connectivity index (χ0) is 18.6. The average Bonchev–Trinajstić information content (AvgIpc) is 3.14. The van der Waals surface area contributed by atoms with E-state index in [2.05, 4.69) is 10.0 Å². The minimum absolute atomic E-state index is 0.119. The first-order valence-corrected chi connectivity index (χ1v) is 10.3. The van der Waals surface area contributed by atoms with Crippen LogP contribution in [0.25, 0.3) is 0 Å². The number of sulfonamides is 1. The van der Waals surface area contributed by atoms with Gasteiger partial charge in [0, 0.05) is 11.4 Å². The van der Waals surface area contributed by atoms with Crippen LogP contribution in [-0.2, 0) is 21.2 Å². The van der Waals surface area contributed by atoms with Gasteiger partial charge >= 0.3 is 0 Å². The zero-order valence-electron chi connectivity index (χ0n) is 14.1. The Morgan fingerprint density at radius 1 is 1.00 bits per heavy atom. The van der Waals surface area contributed by atoms with Crippen LogP contribution < -0.4 is 10.0 Å². The maximum absolute atomic E-state index is 12.2. The van der Waals surface area contributed by atoms with E-state index in [1.807, 2.05) is 31.2 Å². The number of amides is 1. The molecule has 0 unspecified atom stereocenters. The van der Waals surface area contributed by atoms with Crippen molar-refractivity contribution in [3.8, 4) is 0 Å². The summed E-state index contributed by atoms with van der Waals surface area (Å²) in [4.78, 5) is 12.2. The highest BCUT2D eigenvalue weighted by atomic mass is 32.2. The summed E-state index contributed by atoms with van der Waals surface area (Å²) in [5.41, 5.74) is 3.05. The molecule has 7 heteroatoms. The lowest BCUT2D eigenvalue weighted by molar-refractivity contribution is -0.115. The minimum Gasteiger partial charge on any atom is -0.326 e. The highest BCUT2D eigenvalue weighted by Gasteiger charge is 2.15. The number of carbonyl (C=O) groups excluding carboxylic acids is 1. The molecule has 0 saturated heterocycles. The number of hydrogen-bond acceptors (Lipinski definition) is 4. The van der Waals surface area contributed by atoms with Gasteiger partial charge in [0.2, 0.25) is 5.91 Å². The van der Waals surface area contributed by atoms with E-state index in [4.69, 9.17) is 0 Å². The molecule has 2 N–H and O–H groups in total. The summed E-state index contributed by atoms with van der Waals surface area (Å²) in [5, 5.41) is 4.59. The molecule has 0 aliphatic carbocycles. The fourth-order valence-electron chi connectivity index (χ4n) is 2.41. The van der Waals surface area contributed by atoms with Crippen LogP contribution in [0.2, 0.25) is 0 Å². The number of nitrogens with one attached hydrogen (secondary N) is 2. The number of benzene rings is 2. The van der Waals surface area contributed by atoms with Gasteiger partial charge in [0.25, 0.3) is 10.0 Å². The van der Waals surface area contributed by atoms with Crippen molar-refractivity contribution in [1.82, 2.24) is 0 Å². The predicted molar refractivity (Wildman–Crippen MR) is 105 cm³/mol. The standard InChI is InChI=1S/C19H18N2O3S2/c1-14-5-2-3-6-17(14)20-18(22)13-15-8-10-16(11-9-15)21-26(23,24)19-7-4-12-25-19/h2-12,21H,13H2,1H3,(H,20,22). The molecule has 0 spiro atoms. The minimum atomic E-state index is -3.56. The second kappa shape index (κ2) is 7.72. The van der Waals surface area contributed by atoms with Crippen molar-refractivity contribution < 1.29 is 13.2 Å². The Morgan fingerprint density at radius 3 is 2.38 bits per heavy atom. The second-order valence-electron chi connectivity index (χ2n) is 5.77. The van der Waals surface area contributed by atoms with Crippen molar-refractivity contribution in [2.24, 2.45) is 0 Å². The summed E-state index contributed by atoms with van der Waals surface area (Å²) in [7, 11) is -3.56. The van der Waals surface area contributed by atoms with E-state index in [-0.39, 0.29) is 16.5 Å². The molecule has 0 aliphatic heterocycles. The Bertz CT molecular complexity index is 996. The van der Waals surface area contributed by atoms with Crippen LogP contribution in [0.15, 0.2) is 70.3 Å². The first kappa shape index (κ1) is 18.2. The topological polar surface area (TPSA) is 75.3 Å². The van der Waals surface area contributed by atoms with Crippen molar-refractivity contribution in [1.29, 1.82) is 0 Å². The third-order valence-corrected chi connectivity index (χ3v) is 6.53. The number of rotatable bonds is 6. The Kier molecular flexibility index (Phi) is 5.39. The van der Waals surface area contributed by atoms with Crippen LogP contribution in [0.4, 0.5) is 11.4 Å². The van der Waals surface area contributed by atoms with Gasteiger partial charge in [-0.3, -0.25) is 9.52 Å². The van der Waals surface area contributed by atoms with Gasteiger partial charge in [-0.15, -0.1) is 11.3 Å². The molecule has 0 bridgehead atoms. The van der Waals surface area contributed by atoms with Crippen molar-refractivity contribution >= 4 is 38.6 Å². The highest BCUT2D eigenvalue weighted by Crippen LogP contribution is 2.21. The number of carbonyl (C=O) groups is 1. The van der Waals surface area contributed by atoms with Crippen molar-refractivity contribution in [2.75, 3.05) is 10.0 Å². The quantitative estimate of drug-likeness (QED) is 0.671. The monoisotopic (exact) mass is 386 g/mol. The van der Waals surface area contributed by atoms with Crippen LogP contribution in [0, 0.1) is 6.92 Å². The number of para-hydroxylation sites is 1. The van der Waals surface area contributed by atoms with E-state index in [0.29, 0.717) is 5.69 Å². The van der Waals surface area contributed by atoms with Crippen molar-refractivity contribution in [3.63, 3.8) is 0 Å². The Labute approximate surface area is 156 Å². The molecule has 3 rings (SSSR count). The molecule has 3 aromatic rings. The number of thiophene rings is 1. The maximum atomic E-state index is 12.2. The number of hydrogen-bond donors (Lipinski definition) is 2. The molecular weight excluding hydrogens is 368 g/mol. The lowest BCUT2D eigenvalue weighted by Crippen LogP contribution is -2.15. The summed E-state index contributed by atoms with van der Waals surface area (Å²) in [6.45, 7) is 1.93. The fraction of sp³-hybridized carbons (Fsp3) is 0.105. The Hall–Kier alpha value is -2.64. The molecule has 0 saturated carbocycles. The van der Waals surface area contributed by atoms with Crippen LogP contribution in [0.3, 0.4) is 0 Å². The lowest BCUT2D eigenvalue weighted by Gasteiger charge is -2.09. The molecule has 0 aliphatic rings. The SMILES string of the molecule is Cc1ccccc1NC(=O)Cc1ccc(NS(=O)(=O)c2cccs2)cc1. The van der Waals surface area contributed by atoms with Gasteiger partial charge in [-0.1, -0.05) is 36.4 Å². The first-order chi connectivity index (χ1) is 12.4. The summed E-state index contributed by atoms with van der Waals surface area (Å²) in [5.74, 6) is -0.119. The van der Waals surface area contributed by atoms with E-state index < -0.39 is 10.0 Å². The fourth-order valence-corrected chi connectivity index (χ4v) is 4.46. The van der Waals surface area contributed by atoms with Crippen LogP contribution in [0.1, 0.15) is 11.1 Å². The summed E-state index contributed by atoms with van der Waals surface area (Å²) in [6, 6.07) is 17.6. The normalized spacial score (nSPS) is 11.1. The Balaban J connectivity index is 1.63.